The van der Waals surface area contributed by atoms with Crippen LogP contribution in [0.4, 0.5) is 0 Å². The van der Waals surface area contributed by atoms with Gasteiger partial charge >= 0.3 is 0 Å². The van der Waals surface area contributed by atoms with E-state index in [0.29, 0.717) is 48.8 Å². The molecule has 10 nitrogen and oxygen atoms in total. The first-order valence-corrected chi connectivity index (χ1v) is 10.9. The number of carbonyl (C=O) groups is 2. The number of likely N-dealkylation sites (tertiary alicyclic amines) is 1. The Morgan fingerprint density at radius 1 is 1.17 bits per heavy atom. The van der Waals surface area contributed by atoms with Gasteiger partial charge in [-0.25, -0.2) is 5.84 Å². The Hall–Kier alpha value is -3.94. The average Bonchev–Trinajstić information content (AvgIpc) is 3.35. The Morgan fingerprint density at radius 2 is 1.83 bits per heavy atom. The molecule has 1 aliphatic rings. The molecule has 0 aliphatic carbocycles. The third-order valence-corrected chi connectivity index (χ3v) is 5.42. The second-order valence-corrected chi connectivity index (χ2v) is 7.67. The van der Waals surface area contributed by atoms with Crippen molar-refractivity contribution in [3.8, 4) is 23.3 Å². The highest BCUT2D eigenvalue weighted by molar-refractivity contribution is 5.98. The van der Waals surface area contributed by atoms with Crippen LogP contribution in [0.25, 0.3) is 0 Å². The van der Waals surface area contributed by atoms with Gasteiger partial charge in [-0.2, -0.15) is 0 Å². The Balaban J connectivity index is 2.29. The zero-order valence-corrected chi connectivity index (χ0v) is 20.5. The number of methoxy groups -OCH3 is 3. The van der Waals surface area contributed by atoms with E-state index in [1.165, 1.54) is 11.1 Å². The minimum atomic E-state index is -0.767. The van der Waals surface area contributed by atoms with Crippen molar-refractivity contribution in [3.63, 3.8) is 0 Å². The molecule has 10 heteroatoms. The van der Waals surface area contributed by atoms with Crippen LogP contribution in [0.2, 0.25) is 0 Å². The summed E-state index contributed by atoms with van der Waals surface area (Å²) in [5, 5.41) is 1.28. The van der Waals surface area contributed by atoms with Gasteiger partial charge in [0, 0.05) is 43.5 Å². The summed E-state index contributed by atoms with van der Waals surface area (Å²) in [5.41, 5.74) is 12.9. The molecule has 2 rings (SSSR count). The summed E-state index contributed by atoms with van der Waals surface area (Å²) in [4.78, 5) is 26.3. The lowest BCUT2D eigenvalue weighted by molar-refractivity contribution is -0.125. The molecule has 1 aromatic rings. The Kier molecular flexibility index (Phi) is 10.2. The van der Waals surface area contributed by atoms with Crippen molar-refractivity contribution in [3.05, 3.63) is 59.0 Å². The number of carbonyl (C=O) groups excluding carboxylic acids is 2. The summed E-state index contributed by atoms with van der Waals surface area (Å²) < 4.78 is 15.5. The Morgan fingerprint density at radius 3 is 2.37 bits per heavy atom. The predicted octanol–water partition coefficient (Wildman–Crippen LogP) is 0.636. The standard InChI is InChI=1S/C25H33N5O5/c1-5-18(9-8-17-13-20(34-3)15-21(14-17)35-4)23(25(27)32)24(26)30(28)19-10-11-29(16-19)22(31)7-6-12-33-2/h5-7,13-15,19H,10-12,16,26,28H2,1-4H3,(H2,27,32)/b7-6+,18-5-,24-23+/t19-/m0/s1. The molecule has 1 heterocycles. The van der Waals surface area contributed by atoms with E-state index in [-0.39, 0.29) is 23.3 Å². The maximum absolute atomic E-state index is 12.4. The summed E-state index contributed by atoms with van der Waals surface area (Å²) in [5.74, 6) is 12.4. The molecule has 1 fully saturated rings. The van der Waals surface area contributed by atoms with E-state index in [9.17, 15) is 9.59 Å². The number of hydrogen-bond donors (Lipinski definition) is 3. The molecule has 6 N–H and O–H groups in total. The summed E-state index contributed by atoms with van der Waals surface area (Å²) in [6.45, 7) is 2.91. The van der Waals surface area contributed by atoms with Crippen LogP contribution in [0.1, 0.15) is 18.9 Å². The molecule has 1 atom stereocenters. The molecule has 1 aromatic carbocycles. The van der Waals surface area contributed by atoms with Crippen LogP contribution in [0.15, 0.2) is 53.4 Å². The first-order valence-electron chi connectivity index (χ1n) is 10.9. The number of hydrazine groups is 1. The zero-order valence-electron chi connectivity index (χ0n) is 20.5. The topological polar surface area (TPSA) is 146 Å². The lowest BCUT2D eigenvalue weighted by Gasteiger charge is -2.27. The van der Waals surface area contributed by atoms with Crippen molar-refractivity contribution < 1.29 is 23.8 Å². The number of amides is 2. The van der Waals surface area contributed by atoms with Crippen molar-refractivity contribution in [2.45, 2.75) is 19.4 Å². The van der Waals surface area contributed by atoms with Crippen molar-refractivity contribution in [1.29, 1.82) is 0 Å². The number of allylic oxidation sites excluding steroid dienone is 1. The number of primary amides is 1. The normalized spacial score (nSPS) is 16.4. The molecular formula is C25H33N5O5. The number of nitrogens with two attached hydrogens (primary N) is 3. The van der Waals surface area contributed by atoms with E-state index in [1.807, 2.05) is 0 Å². The van der Waals surface area contributed by atoms with Gasteiger partial charge < -0.3 is 30.6 Å². The lowest BCUT2D eigenvalue weighted by atomic mass is 10.0. The maximum atomic E-state index is 12.4. The van der Waals surface area contributed by atoms with E-state index in [1.54, 1.807) is 63.5 Å². The third-order valence-electron chi connectivity index (χ3n) is 5.42. The first-order chi connectivity index (χ1) is 16.7. The number of hydrogen-bond acceptors (Lipinski definition) is 8. The zero-order chi connectivity index (χ0) is 26.0. The second kappa shape index (κ2) is 13.1. The Labute approximate surface area is 205 Å². The molecule has 0 spiro atoms. The fourth-order valence-electron chi connectivity index (χ4n) is 3.54. The van der Waals surface area contributed by atoms with Gasteiger partial charge in [-0.15, -0.1) is 0 Å². The van der Waals surface area contributed by atoms with Crippen LogP contribution in [-0.2, 0) is 14.3 Å². The van der Waals surface area contributed by atoms with Gasteiger partial charge in [-0.05, 0) is 25.5 Å². The minimum Gasteiger partial charge on any atom is -0.497 e. The highest BCUT2D eigenvalue weighted by Crippen LogP contribution is 2.23. The summed E-state index contributed by atoms with van der Waals surface area (Å²) >= 11 is 0. The van der Waals surface area contributed by atoms with Gasteiger partial charge in [0.05, 0.1) is 32.4 Å². The van der Waals surface area contributed by atoms with E-state index in [4.69, 9.17) is 31.5 Å². The molecule has 0 bridgehead atoms. The van der Waals surface area contributed by atoms with Gasteiger partial charge in [0.25, 0.3) is 5.91 Å². The highest BCUT2D eigenvalue weighted by atomic mass is 16.5. The predicted molar refractivity (Wildman–Crippen MR) is 133 cm³/mol. The van der Waals surface area contributed by atoms with Gasteiger partial charge in [0.2, 0.25) is 5.91 Å². The molecule has 0 radical (unpaired) electrons. The number of ether oxygens (including phenoxy) is 3. The SMILES string of the molecule is C/C=C(C#Cc1cc(OC)cc(OC)c1)\C(C(N)=O)=C(\N)N(N)[C@H]1CCN(C(=O)/C=C/COC)C1. The van der Waals surface area contributed by atoms with Crippen LogP contribution < -0.4 is 26.8 Å². The molecule has 35 heavy (non-hydrogen) atoms. The molecule has 188 valence electrons. The number of nitrogens with zero attached hydrogens (tertiary/aromatic N) is 2. The lowest BCUT2D eigenvalue weighted by Crippen LogP contribution is -2.46. The third kappa shape index (κ3) is 7.27. The molecular weight excluding hydrogens is 450 g/mol. The number of rotatable bonds is 9. The maximum Gasteiger partial charge on any atom is 0.253 e. The van der Waals surface area contributed by atoms with Crippen molar-refractivity contribution in [2.24, 2.45) is 17.3 Å². The molecule has 0 aromatic heterocycles. The fourth-order valence-corrected chi connectivity index (χ4v) is 3.54. The van der Waals surface area contributed by atoms with Crippen LogP contribution in [0.5, 0.6) is 11.5 Å². The summed E-state index contributed by atoms with van der Waals surface area (Å²) in [6.07, 6.45) is 5.32. The first kappa shape index (κ1) is 27.3. The Bertz CT molecular complexity index is 1060. The summed E-state index contributed by atoms with van der Waals surface area (Å²) in [6, 6.07) is 4.91. The van der Waals surface area contributed by atoms with Crippen LogP contribution in [0.3, 0.4) is 0 Å². The van der Waals surface area contributed by atoms with E-state index < -0.39 is 5.91 Å². The van der Waals surface area contributed by atoms with Crippen LogP contribution in [-0.4, -0.2) is 68.8 Å². The summed E-state index contributed by atoms with van der Waals surface area (Å²) in [7, 11) is 4.64. The van der Waals surface area contributed by atoms with E-state index in [0.717, 1.165) is 0 Å². The van der Waals surface area contributed by atoms with Gasteiger partial charge in [-0.3, -0.25) is 14.6 Å². The molecule has 1 saturated heterocycles. The van der Waals surface area contributed by atoms with Crippen LogP contribution in [0, 0.1) is 11.8 Å². The van der Waals surface area contributed by atoms with Crippen molar-refractivity contribution >= 4 is 11.8 Å². The quantitative estimate of drug-likeness (QED) is 0.152. The van der Waals surface area contributed by atoms with Crippen molar-refractivity contribution in [1.82, 2.24) is 9.91 Å². The second-order valence-electron chi connectivity index (χ2n) is 7.67. The minimum absolute atomic E-state index is 0.00197. The number of benzene rings is 1. The molecule has 0 saturated carbocycles. The highest BCUT2D eigenvalue weighted by Gasteiger charge is 2.31. The van der Waals surface area contributed by atoms with Crippen LogP contribution >= 0.6 is 0 Å². The molecule has 1 aliphatic heterocycles. The van der Waals surface area contributed by atoms with E-state index in [2.05, 4.69) is 11.8 Å². The smallest absolute Gasteiger partial charge is 0.253 e. The molecule has 0 unspecified atom stereocenters. The monoisotopic (exact) mass is 483 g/mol. The fraction of sp³-hybridized carbons (Fsp3) is 0.360. The van der Waals surface area contributed by atoms with Gasteiger partial charge in [0.15, 0.2) is 0 Å². The van der Waals surface area contributed by atoms with E-state index >= 15 is 0 Å². The van der Waals surface area contributed by atoms with Gasteiger partial charge in [0.1, 0.15) is 17.3 Å². The van der Waals surface area contributed by atoms with Gasteiger partial charge in [-0.1, -0.05) is 24.0 Å². The largest absolute Gasteiger partial charge is 0.497 e. The molecule has 2 amide bonds. The average molecular weight is 484 g/mol. The van der Waals surface area contributed by atoms with Crippen molar-refractivity contribution in [2.75, 3.05) is 41.0 Å².